The number of hydrogen-bond donors (Lipinski definition) is 3. The average Bonchev–Trinajstić information content (AvgIpc) is 3.48. The first-order valence-electron chi connectivity index (χ1n) is 9.39. The summed E-state index contributed by atoms with van der Waals surface area (Å²) < 4.78 is 0. The van der Waals surface area contributed by atoms with Gasteiger partial charge in [-0.05, 0) is 47.9 Å². The summed E-state index contributed by atoms with van der Waals surface area (Å²) in [5.41, 5.74) is 8.51. The quantitative estimate of drug-likeness (QED) is 0.589. The molecule has 0 spiro atoms. The van der Waals surface area contributed by atoms with Crippen molar-refractivity contribution in [1.82, 2.24) is 15.0 Å². The SMILES string of the molecule is N#CC[C@H]1C[C@@H]1C(=O)Nc1cc2cc(-c3cnccc3CCO)nc(N)c2cn1. The molecule has 146 valence electrons. The van der Waals surface area contributed by atoms with Gasteiger partial charge < -0.3 is 16.2 Å². The van der Waals surface area contributed by atoms with E-state index in [1.54, 1.807) is 24.7 Å². The van der Waals surface area contributed by atoms with E-state index < -0.39 is 0 Å². The van der Waals surface area contributed by atoms with Crippen LogP contribution in [-0.4, -0.2) is 32.6 Å². The topological polar surface area (TPSA) is 138 Å². The summed E-state index contributed by atoms with van der Waals surface area (Å²) >= 11 is 0. The summed E-state index contributed by atoms with van der Waals surface area (Å²) in [5, 5.41) is 22.4. The molecule has 0 saturated heterocycles. The highest BCUT2D eigenvalue weighted by Crippen LogP contribution is 2.41. The largest absolute Gasteiger partial charge is 0.396 e. The van der Waals surface area contributed by atoms with Gasteiger partial charge in [-0.2, -0.15) is 5.26 Å². The first kappa shape index (κ1) is 18.8. The van der Waals surface area contributed by atoms with E-state index in [0.29, 0.717) is 35.6 Å². The second kappa shape index (κ2) is 7.81. The molecule has 1 aliphatic rings. The van der Waals surface area contributed by atoms with Crippen molar-refractivity contribution in [2.75, 3.05) is 17.7 Å². The number of nitriles is 1. The molecule has 3 aromatic heterocycles. The Morgan fingerprint density at radius 1 is 1.38 bits per heavy atom. The van der Waals surface area contributed by atoms with Gasteiger partial charge in [0.25, 0.3) is 0 Å². The molecule has 0 unspecified atom stereocenters. The number of aliphatic hydroxyl groups is 1. The van der Waals surface area contributed by atoms with E-state index in [-0.39, 0.29) is 24.3 Å². The molecule has 0 bridgehead atoms. The zero-order valence-electron chi connectivity index (χ0n) is 15.7. The monoisotopic (exact) mass is 388 g/mol. The average molecular weight is 388 g/mol. The van der Waals surface area contributed by atoms with Crippen LogP contribution in [0.15, 0.2) is 36.8 Å². The summed E-state index contributed by atoms with van der Waals surface area (Å²) in [6, 6.07) is 7.59. The molecule has 0 radical (unpaired) electrons. The third-order valence-electron chi connectivity index (χ3n) is 5.18. The van der Waals surface area contributed by atoms with Crippen LogP contribution >= 0.6 is 0 Å². The van der Waals surface area contributed by atoms with Gasteiger partial charge in [-0.1, -0.05) is 0 Å². The van der Waals surface area contributed by atoms with E-state index in [0.717, 1.165) is 22.9 Å². The van der Waals surface area contributed by atoms with Crippen LogP contribution in [0.3, 0.4) is 0 Å². The van der Waals surface area contributed by atoms with E-state index in [2.05, 4.69) is 26.3 Å². The second-order valence-electron chi connectivity index (χ2n) is 7.14. The molecule has 29 heavy (non-hydrogen) atoms. The lowest BCUT2D eigenvalue weighted by atomic mass is 10.0. The Balaban J connectivity index is 1.65. The summed E-state index contributed by atoms with van der Waals surface area (Å²) in [7, 11) is 0. The van der Waals surface area contributed by atoms with E-state index >= 15 is 0 Å². The molecular weight excluding hydrogens is 368 g/mol. The fourth-order valence-electron chi connectivity index (χ4n) is 3.50. The van der Waals surface area contributed by atoms with Gasteiger partial charge >= 0.3 is 0 Å². The van der Waals surface area contributed by atoms with Crippen LogP contribution in [0.2, 0.25) is 0 Å². The van der Waals surface area contributed by atoms with Crippen LogP contribution < -0.4 is 11.1 Å². The van der Waals surface area contributed by atoms with E-state index in [1.165, 1.54) is 0 Å². The van der Waals surface area contributed by atoms with Crippen molar-refractivity contribution < 1.29 is 9.90 Å². The molecule has 1 fully saturated rings. The maximum Gasteiger partial charge on any atom is 0.228 e. The molecule has 8 nitrogen and oxygen atoms in total. The lowest BCUT2D eigenvalue weighted by Crippen LogP contribution is -2.15. The van der Waals surface area contributed by atoms with Crippen molar-refractivity contribution in [3.05, 3.63) is 42.4 Å². The summed E-state index contributed by atoms with van der Waals surface area (Å²) in [5.74, 6) is 0.669. The van der Waals surface area contributed by atoms with Gasteiger partial charge in [0.1, 0.15) is 11.6 Å². The third kappa shape index (κ3) is 3.86. The van der Waals surface area contributed by atoms with Crippen molar-refractivity contribution in [3.63, 3.8) is 0 Å². The van der Waals surface area contributed by atoms with Gasteiger partial charge in [0.05, 0.1) is 11.8 Å². The number of hydrogen-bond acceptors (Lipinski definition) is 7. The Bertz CT molecular complexity index is 1120. The number of pyridine rings is 3. The van der Waals surface area contributed by atoms with E-state index in [1.807, 2.05) is 12.1 Å². The number of anilines is 2. The van der Waals surface area contributed by atoms with Crippen molar-refractivity contribution >= 4 is 28.3 Å². The second-order valence-corrected chi connectivity index (χ2v) is 7.14. The molecule has 3 aromatic rings. The zero-order chi connectivity index (χ0) is 20.4. The molecule has 4 N–H and O–H groups in total. The number of rotatable bonds is 6. The van der Waals surface area contributed by atoms with Crippen LogP contribution in [0, 0.1) is 23.2 Å². The van der Waals surface area contributed by atoms with Gasteiger partial charge in [-0.3, -0.25) is 9.78 Å². The van der Waals surface area contributed by atoms with Crippen molar-refractivity contribution in [3.8, 4) is 17.3 Å². The van der Waals surface area contributed by atoms with Crippen LogP contribution in [0.25, 0.3) is 22.0 Å². The van der Waals surface area contributed by atoms with Gasteiger partial charge in [0, 0.05) is 48.5 Å². The highest BCUT2D eigenvalue weighted by atomic mass is 16.3. The number of amides is 1. The fraction of sp³-hybridized carbons (Fsp3) is 0.286. The molecule has 4 rings (SSSR count). The van der Waals surface area contributed by atoms with Gasteiger partial charge in [0.15, 0.2) is 0 Å². The van der Waals surface area contributed by atoms with E-state index in [9.17, 15) is 9.90 Å². The molecule has 1 amide bonds. The van der Waals surface area contributed by atoms with Gasteiger partial charge in [-0.25, -0.2) is 9.97 Å². The zero-order valence-corrected chi connectivity index (χ0v) is 15.7. The minimum Gasteiger partial charge on any atom is -0.396 e. The normalized spacial score (nSPS) is 17.7. The number of nitrogens with one attached hydrogen (secondary N) is 1. The summed E-state index contributed by atoms with van der Waals surface area (Å²) in [6.07, 6.45) is 6.59. The van der Waals surface area contributed by atoms with Crippen molar-refractivity contribution in [1.29, 1.82) is 5.26 Å². The molecular formula is C21H20N6O2. The number of carbonyl (C=O) groups excluding carboxylic acids is 1. The number of carbonyl (C=O) groups is 1. The Labute approximate surface area is 167 Å². The highest BCUT2D eigenvalue weighted by Gasteiger charge is 2.42. The number of fused-ring (bicyclic) bond motifs is 1. The van der Waals surface area contributed by atoms with Crippen LogP contribution in [0.4, 0.5) is 11.6 Å². The molecule has 1 saturated carbocycles. The number of nitrogens with two attached hydrogens (primary N) is 1. The number of aromatic nitrogens is 3. The lowest BCUT2D eigenvalue weighted by Gasteiger charge is -2.11. The highest BCUT2D eigenvalue weighted by molar-refractivity contribution is 5.98. The Hall–Kier alpha value is -3.57. The maximum atomic E-state index is 12.3. The molecule has 3 heterocycles. The van der Waals surface area contributed by atoms with Crippen LogP contribution in [0.1, 0.15) is 18.4 Å². The Morgan fingerprint density at radius 3 is 3.03 bits per heavy atom. The first-order valence-corrected chi connectivity index (χ1v) is 9.39. The minimum absolute atomic E-state index is 0.0220. The predicted molar refractivity (Wildman–Crippen MR) is 108 cm³/mol. The lowest BCUT2D eigenvalue weighted by molar-refractivity contribution is -0.117. The minimum atomic E-state index is -0.123. The van der Waals surface area contributed by atoms with Crippen LogP contribution in [-0.2, 0) is 11.2 Å². The number of aliphatic hydroxyl groups excluding tert-OH is 1. The maximum absolute atomic E-state index is 12.3. The molecule has 0 aliphatic heterocycles. The summed E-state index contributed by atoms with van der Waals surface area (Å²) in [6.45, 7) is 0.0220. The molecule has 8 heteroatoms. The Kier molecular flexibility index (Phi) is 5.06. The first-order chi connectivity index (χ1) is 14.1. The third-order valence-corrected chi connectivity index (χ3v) is 5.18. The standard InChI is InChI=1S/C21H20N6O2/c22-4-1-13-7-15(13)21(29)27-19-9-14-8-18(26-20(23)17(14)11-25-19)16-10-24-5-2-12(16)3-6-28/h2,5,8-11,13,15,28H,1,3,6-7H2,(H2,23,26)(H,25,27,29)/t13-,15-/m0/s1. The number of nitrogens with zero attached hydrogens (tertiary/aromatic N) is 4. The van der Waals surface area contributed by atoms with Crippen molar-refractivity contribution in [2.24, 2.45) is 11.8 Å². The van der Waals surface area contributed by atoms with E-state index in [4.69, 9.17) is 11.0 Å². The molecule has 2 atom stereocenters. The van der Waals surface area contributed by atoms with Gasteiger partial charge in [-0.15, -0.1) is 0 Å². The fourth-order valence-corrected chi connectivity index (χ4v) is 3.50. The van der Waals surface area contributed by atoms with Crippen LogP contribution in [0.5, 0.6) is 0 Å². The number of nitrogen functional groups attached to an aromatic ring is 1. The van der Waals surface area contributed by atoms with Gasteiger partial charge in [0.2, 0.25) is 5.91 Å². The summed E-state index contributed by atoms with van der Waals surface area (Å²) in [4.78, 5) is 25.3. The predicted octanol–water partition coefficient (Wildman–Crippen LogP) is 2.30. The Morgan fingerprint density at radius 2 is 2.24 bits per heavy atom. The molecule has 1 aliphatic carbocycles. The molecule has 0 aromatic carbocycles. The van der Waals surface area contributed by atoms with Crippen molar-refractivity contribution in [2.45, 2.75) is 19.3 Å². The smallest absolute Gasteiger partial charge is 0.228 e.